The van der Waals surface area contributed by atoms with Crippen LogP contribution in [-0.2, 0) is 0 Å². The normalized spacial score (nSPS) is 10.7. The number of imidazole rings is 1. The molecule has 3 aromatic rings. The highest BCUT2D eigenvalue weighted by molar-refractivity contribution is 9.11. The van der Waals surface area contributed by atoms with Crippen molar-refractivity contribution in [2.24, 2.45) is 0 Å². The summed E-state index contributed by atoms with van der Waals surface area (Å²) in [6, 6.07) is 10.9. The number of nitrogens with zero attached hydrogens (tertiary/aromatic N) is 1. The monoisotopic (exact) mass is 393 g/mol. The molecule has 0 aliphatic heterocycles. The molecule has 0 unspecified atom stereocenters. The van der Waals surface area contributed by atoms with Crippen molar-refractivity contribution in [1.82, 2.24) is 9.97 Å². The minimum atomic E-state index is -0.162. The molecule has 1 aromatic heterocycles. The summed E-state index contributed by atoms with van der Waals surface area (Å²) in [6.45, 7) is 0. The van der Waals surface area contributed by atoms with E-state index in [1.54, 1.807) is 18.5 Å². The molecule has 1 heterocycles. The van der Waals surface area contributed by atoms with Crippen molar-refractivity contribution in [3.05, 3.63) is 57.2 Å². The lowest BCUT2D eigenvalue weighted by Gasteiger charge is -2.07. The summed E-state index contributed by atoms with van der Waals surface area (Å²) in [5.41, 5.74) is 2.98. The fraction of sp³-hybridized carbons (Fsp3) is 0. The molecule has 0 radical (unpaired) electrons. The smallest absolute Gasteiger partial charge is 0.255 e. The van der Waals surface area contributed by atoms with Crippen molar-refractivity contribution in [2.45, 2.75) is 0 Å². The first-order chi connectivity index (χ1) is 9.63. The quantitative estimate of drug-likeness (QED) is 0.679. The Morgan fingerprint density at radius 3 is 2.80 bits per heavy atom. The lowest BCUT2D eigenvalue weighted by atomic mass is 10.2. The molecule has 0 saturated carbocycles. The molecule has 0 saturated heterocycles. The van der Waals surface area contributed by atoms with Crippen molar-refractivity contribution < 1.29 is 4.79 Å². The number of fused-ring (bicyclic) bond motifs is 1. The van der Waals surface area contributed by atoms with Crippen molar-refractivity contribution in [3.8, 4) is 0 Å². The van der Waals surface area contributed by atoms with Gasteiger partial charge >= 0.3 is 0 Å². The number of H-pyrrole nitrogens is 1. The van der Waals surface area contributed by atoms with Gasteiger partial charge < -0.3 is 10.3 Å². The Morgan fingerprint density at radius 1 is 1.15 bits per heavy atom. The Morgan fingerprint density at radius 2 is 2.00 bits per heavy atom. The van der Waals surface area contributed by atoms with Crippen LogP contribution in [0.2, 0.25) is 0 Å². The molecular weight excluding hydrogens is 386 g/mol. The lowest BCUT2D eigenvalue weighted by molar-refractivity contribution is 0.102. The van der Waals surface area contributed by atoms with Gasteiger partial charge in [-0.25, -0.2) is 4.98 Å². The minimum absolute atomic E-state index is 0.162. The van der Waals surface area contributed by atoms with Crippen LogP contribution in [-0.4, -0.2) is 15.9 Å². The molecular formula is C14H9Br2N3O. The van der Waals surface area contributed by atoms with E-state index in [2.05, 4.69) is 47.1 Å². The molecule has 0 atom stereocenters. The highest BCUT2D eigenvalue weighted by atomic mass is 79.9. The van der Waals surface area contributed by atoms with Gasteiger partial charge in [-0.3, -0.25) is 4.79 Å². The summed E-state index contributed by atoms with van der Waals surface area (Å²) < 4.78 is 1.77. The fourth-order valence-electron chi connectivity index (χ4n) is 1.86. The van der Waals surface area contributed by atoms with Crippen LogP contribution in [0.25, 0.3) is 11.0 Å². The van der Waals surface area contributed by atoms with Gasteiger partial charge in [-0.1, -0.05) is 15.9 Å². The molecule has 3 rings (SSSR count). The third-order valence-corrected chi connectivity index (χ3v) is 4.01. The van der Waals surface area contributed by atoms with Gasteiger partial charge in [0.25, 0.3) is 5.91 Å². The van der Waals surface area contributed by atoms with Crippen LogP contribution in [0.1, 0.15) is 10.4 Å². The topological polar surface area (TPSA) is 57.8 Å². The number of hydrogen-bond acceptors (Lipinski definition) is 2. The Hall–Kier alpha value is -1.66. The van der Waals surface area contributed by atoms with E-state index in [-0.39, 0.29) is 5.91 Å². The average Bonchev–Trinajstić information content (AvgIpc) is 2.89. The zero-order valence-corrected chi connectivity index (χ0v) is 13.3. The van der Waals surface area contributed by atoms with Gasteiger partial charge in [0.05, 0.1) is 23.0 Å². The molecule has 6 heteroatoms. The SMILES string of the molecule is O=C(Nc1ccc(Br)cc1Br)c1ccc2nc[nH]c2c1. The summed E-state index contributed by atoms with van der Waals surface area (Å²) in [5.74, 6) is -0.162. The second-order valence-corrected chi connectivity index (χ2v) is 5.98. The van der Waals surface area contributed by atoms with E-state index in [0.29, 0.717) is 5.56 Å². The Labute approximate surface area is 131 Å². The highest BCUT2D eigenvalue weighted by Crippen LogP contribution is 2.26. The van der Waals surface area contributed by atoms with Crippen LogP contribution in [0.4, 0.5) is 5.69 Å². The number of nitrogens with one attached hydrogen (secondary N) is 2. The van der Waals surface area contributed by atoms with E-state index in [9.17, 15) is 4.79 Å². The maximum Gasteiger partial charge on any atom is 0.255 e. The predicted octanol–water partition coefficient (Wildman–Crippen LogP) is 4.34. The third-order valence-electron chi connectivity index (χ3n) is 2.86. The second-order valence-electron chi connectivity index (χ2n) is 4.21. The highest BCUT2D eigenvalue weighted by Gasteiger charge is 2.09. The van der Waals surface area contributed by atoms with Crippen molar-refractivity contribution in [1.29, 1.82) is 0 Å². The molecule has 0 aliphatic rings. The van der Waals surface area contributed by atoms with Crippen molar-refractivity contribution in [3.63, 3.8) is 0 Å². The van der Waals surface area contributed by atoms with Gasteiger partial charge in [-0.05, 0) is 52.3 Å². The molecule has 0 aliphatic carbocycles. The maximum absolute atomic E-state index is 12.2. The predicted molar refractivity (Wildman–Crippen MR) is 85.9 cm³/mol. The van der Waals surface area contributed by atoms with Gasteiger partial charge in [-0.15, -0.1) is 0 Å². The standard InChI is InChI=1S/C14H9Br2N3O/c15-9-2-4-11(10(16)6-9)19-14(20)8-1-3-12-13(5-8)18-7-17-12/h1-7H,(H,17,18)(H,19,20). The number of rotatable bonds is 2. The summed E-state index contributed by atoms with van der Waals surface area (Å²) in [7, 11) is 0. The second kappa shape index (κ2) is 5.38. The number of hydrogen-bond donors (Lipinski definition) is 2. The summed E-state index contributed by atoms with van der Waals surface area (Å²) in [6.07, 6.45) is 1.61. The molecule has 0 bridgehead atoms. The number of aromatic nitrogens is 2. The first-order valence-electron chi connectivity index (χ1n) is 5.83. The summed E-state index contributed by atoms with van der Waals surface area (Å²) >= 11 is 6.80. The van der Waals surface area contributed by atoms with E-state index in [0.717, 1.165) is 25.7 Å². The van der Waals surface area contributed by atoms with E-state index >= 15 is 0 Å². The Balaban J connectivity index is 1.88. The van der Waals surface area contributed by atoms with Gasteiger partial charge in [0.1, 0.15) is 0 Å². The zero-order chi connectivity index (χ0) is 14.1. The molecule has 4 nitrogen and oxygen atoms in total. The fourth-order valence-corrected chi connectivity index (χ4v) is 3.01. The summed E-state index contributed by atoms with van der Waals surface area (Å²) in [5, 5.41) is 2.87. The number of aromatic amines is 1. The molecule has 1 amide bonds. The van der Waals surface area contributed by atoms with Crippen LogP contribution in [0.3, 0.4) is 0 Å². The third kappa shape index (κ3) is 2.62. The van der Waals surface area contributed by atoms with Gasteiger partial charge in [-0.2, -0.15) is 0 Å². The van der Waals surface area contributed by atoms with Gasteiger partial charge in [0.15, 0.2) is 0 Å². The number of halogens is 2. The molecule has 2 N–H and O–H groups in total. The minimum Gasteiger partial charge on any atom is -0.345 e. The molecule has 0 spiro atoms. The van der Waals surface area contributed by atoms with Gasteiger partial charge in [0.2, 0.25) is 0 Å². The molecule has 0 fully saturated rings. The molecule has 20 heavy (non-hydrogen) atoms. The number of carbonyl (C=O) groups excluding carboxylic acids is 1. The number of benzene rings is 2. The Bertz CT molecular complexity index is 798. The number of carbonyl (C=O) groups is 1. The van der Waals surface area contributed by atoms with E-state index in [1.165, 1.54) is 0 Å². The van der Waals surface area contributed by atoms with Crippen LogP contribution in [0, 0.1) is 0 Å². The van der Waals surface area contributed by atoms with Gasteiger partial charge in [0, 0.05) is 14.5 Å². The van der Waals surface area contributed by atoms with E-state index in [1.807, 2.05) is 24.3 Å². The molecule has 100 valence electrons. The first kappa shape index (κ1) is 13.3. The van der Waals surface area contributed by atoms with E-state index < -0.39 is 0 Å². The van der Waals surface area contributed by atoms with Crippen molar-refractivity contribution >= 4 is 54.5 Å². The maximum atomic E-state index is 12.2. The van der Waals surface area contributed by atoms with Crippen LogP contribution < -0.4 is 5.32 Å². The first-order valence-corrected chi connectivity index (χ1v) is 7.41. The molecule has 2 aromatic carbocycles. The van der Waals surface area contributed by atoms with Crippen LogP contribution in [0.15, 0.2) is 51.7 Å². The van der Waals surface area contributed by atoms with Crippen molar-refractivity contribution in [2.75, 3.05) is 5.32 Å². The van der Waals surface area contributed by atoms with E-state index in [4.69, 9.17) is 0 Å². The largest absolute Gasteiger partial charge is 0.345 e. The average molecular weight is 395 g/mol. The zero-order valence-electron chi connectivity index (χ0n) is 10.2. The van der Waals surface area contributed by atoms with Crippen LogP contribution >= 0.6 is 31.9 Å². The number of amides is 1. The lowest BCUT2D eigenvalue weighted by Crippen LogP contribution is -2.12. The summed E-state index contributed by atoms with van der Waals surface area (Å²) in [4.78, 5) is 19.4. The van der Waals surface area contributed by atoms with Crippen LogP contribution in [0.5, 0.6) is 0 Å². The number of anilines is 1. The Kier molecular flexibility index (Phi) is 3.58.